The average Bonchev–Trinajstić information content (AvgIpc) is 2.85. The van der Waals surface area contributed by atoms with Crippen LogP contribution in [0.4, 0.5) is 16.5 Å². The topological polar surface area (TPSA) is 31.8 Å². The predicted molar refractivity (Wildman–Crippen MR) is 78.0 cm³/mol. The van der Waals surface area contributed by atoms with Crippen LogP contribution in [-0.4, -0.2) is 6.54 Å². The number of azo groups is 1. The molecule has 0 amide bonds. The van der Waals surface area contributed by atoms with Crippen molar-refractivity contribution in [3.8, 4) is 12.5 Å². The summed E-state index contributed by atoms with van der Waals surface area (Å²) in [4.78, 5) is 1.83. The Hall–Kier alpha value is -2.19. The van der Waals surface area contributed by atoms with E-state index in [-0.39, 0.29) is 0 Å². The van der Waals surface area contributed by atoms with E-state index in [1.165, 1.54) is 0 Å². The number of benzene rings is 1. The van der Waals surface area contributed by atoms with Crippen molar-refractivity contribution in [1.82, 2.24) is 0 Å². The highest BCUT2D eigenvalue weighted by Crippen LogP contribution is 2.22. The Bertz CT molecular complexity index is 607. The van der Waals surface area contributed by atoms with Crippen molar-refractivity contribution in [3.63, 3.8) is 0 Å². The van der Waals surface area contributed by atoms with Crippen LogP contribution in [0.15, 0.2) is 46.1 Å². The van der Waals surface area contributed by atoms with Crippen molar-refractivity contribution < 1.29 is 4.57 Å². The van der Waals surface area contributed by atoms with E-state index in [1.54, 1.807) is 11.3 Å². The summed E-state index contributed by atoms with van der Waals surface area (Å²) in [5.41, 5.74) is 1.80. The van der Waals surface area contributed by atoms with Gasteiger partial charge < -0.3 is 4.90 Å². The molecule has 0 fully saturated rings. The van der Waals surface area contributed by atoms with E-state index in [4.69, 9.17) is 6.42 Å². The Labute approximate surface area is 117 Å². The molecule has 19 heavy (non-hydrogen) atoms. The van der Waals surface area contributed by atoms with E-state index < -0.39 is 0 Å². The summed E-state index contributed by atoms with van der Waals surface area (Å²) in [6.45, 7) is 2.80. The minimum absolute atomic E-state index is 0.780. The van der Waals surface area contributed by atoms with Crippen molar-refractivity contribution in [2.75, 3.05) is 11.4 Å². The molecule has 4 nitrogen and oxygen atoms in total. The van der Waals surface area contributed by atoms with Crippen LogP contribution >= 0.6 is 11.3 Å². The Morgan fingerprint density at radius 1 is 1.32 bits per heavy atom. The molecule has 0 spiro atoms. The average molecular weight is 271 g/mol. The number of aromatic nitrogens is 1. The molecular weight excluding hydrogens is 256 g/mol. The Balaban J connectivity index is 2.13. The second-order valence-corrected chi connectivity index (χ2v) is 4.76. The molecule has 2 rings (SSSR count). The van der Waals surface area contributed by atoms with E-state index in [1.807, 2.05) is 59.3 Å². The first-order valence-corrected chi connectivity index (χ1v) is 6.81. The maximum absolute atomic E-state index is 5.43. The van der Waals surface area contributed by atoms with E-state index in [9.17, 15) is 0 Å². The van der Waals surface area contributed by atoms with Gasteiger partial charge >= 0.3 is 5.13 Å². The van der Waals surface area contributed by atoms with Gasteiger partial charge in [-0.25, -0.2) is 4.57 Å². The number of hydrogen-bond acceptors (Lipinski definition) is 4. The molecule has 0 bridgehead atoms. The lowest BCUT2D eigenvalue weighted by molar-refractivity contribution is -0.654. The quantitative estimate of drug-likeness (QED) is 0.363. The van der Waals surface area contributed by atoms with Crippen LogP contribution in [0.3, 0.4) is 0 Å². The number of thiazole rings is 1. The smallest absolute Gasteiger partial charge is 0.302 e. The van der Waals surface area contributed by atoms with Gasteiger partial charge in [-0.3, -0.25) is 0 Å². The van der Waals surface area contributed by atoms with Gasteiger partial charge in [0.2, 0.25) is 0 Å². The normalized spacial score (nSPS) is 10.6. The minimum atomic E-state index is 0.780. The van der Waals surface area contributed by atoms with Crippen molar-refractivity contribution in [3.05, 3.63) is 35.8 Å². The van der Waals surface area contributed by atoms with Gasteiger partial charge in [-0.05, 0) is 47.6 Å². The molecule has 1 heterocycles. The summed E-state index contributed by atoms with van der Waals surface area (Å²) < 4.78 is 1.93. The zero-order valence-electron chi connectivity index (χ0n) is 10.9. The number of rotatable bonds is 4. The van der Waals surface area contributed by atoms with Gasteiger partial charge in [0.15, 0.2) is 0 Å². The summed E-state index contributed by atoms with van der Waals surface area (Å²) in [6, 6.07) is 10.3. The van der Waals surface area contributed by atoms with Gasteiger partial charge in [-0.15, -0.1) is 0 Å². The van der Waals surface area contributed by atoms with Gasteiger partial charge in [-0.2, -0.15) is 0 Å². The van der Waals surface area contributed by atoms with Gasteiger partial charge in [-0.1, -0.05) is 6.42 Å². The molecule has 0 aliphatic carbocycles. The van der Waals surface area contributed by atoms with E-state index in [2.05, 4.69) is 16.3 Å². The van der Waals surface area contributed by atoms with Gasteiger partial charge in [0.25, 0.3) is 0 Å². The lowest BCUT2D eigenvalue weighted by Crippen LogP contribution is -2.23. The molecule has 0 unspecified atom stereocenters. The third-order valence-corrected chi connectivity index (χ3v) is 3.48. The largest absolute Gasteiger partial charge is 0.408 e. The standard InChI is InChI=1S/C14H15N4S/c1-4-18(5-2)13-8-6-12(7-9-13)15-16-14-17(3)10-11-19-14/h1,6-11H,5H2,2-3H3/q+1. The van der Waals surface area contributed by atoms with E-state index in [0.29, 0.717) is 0 Å². The van der Waals surface area contributed by atoms with Crippen LogP contribution in [0.25, 0.3) is 0 Å². The van der Waals surface area contributed by atoms with E-state index in [0.717, 1.165) is 23.1 Å². The Morgan fingerprint density at radius 3 is 2.58 bits per heavy atom. The summed E-state index contributed by atoms with van der Waals surface area (Å²) in [5, 5.41) is 11.2. The van der Waals surface area contributed by atoms with E-state index >= 15 is 0 Å². The molecule has 0 atom stereocenters. The van der Waals surface area contributed by atoms with Crippen molar-refractivity contribution >= 4 is 27.8 Å². The Morgan fingerprint density at radius 2 is 2.05 bits per heavy atom. The maximum Gasteiger partial charge on any atom is 0.408 e. The molecule has 0 N–H and O–H groups in total. The van der Waals surface area contributed by atoms with Gasteiger partial charge in [0, 0.05) is 23.7 Å². The van der Waals surface area contributed by atoms with Crippen molar-refractivity contribution in [2.45, 2.75) is 6.92 Å². The molecule has 0 saturated heterocycles. The first-order chi connectivity index (χ1) is 9.24. The van der Waals surface area contributed by atoms with Crippen molar-refractivity contribution in [2.24, 2.45) is 17.3 Å². The van der Waals surface area contributed by atoms with Crippen LogP contribution in [0, 0.1) is 12.5 Å². The monoisotopic (exact) mass is 271 g/mol. The summed E-state index contributed by atoms with van der Waals surface area (Å²) >= 11 is 1.55. The third kappa shape index (κ3) is 3.18. The molecule has 0 aliphatic heterocycles. The number of terminal acetylenes is 1. The maximum atomic E-state index is 5.43. The highest BCUT2D eigenvalue weighted by atomic mass is 32.1. The molecule has 96 valence electrons. The first-order valence-electron chi connectivity index (χ1n) is 5.93. The zero-order chi connectivity index (χ0) is 13.7. The van der Waals surface area contributed by atoms with Gasteiger partial charge in [0.1, 0.15) is 11.9 Å². The minimum Gasteiger partial charge on any atom is -0.302 e. The fourth-order valence-electron chi connectivity index (χ4n) is 1.57. The van der Waals surface area contributed by atoms with Crippen LogP contribution in [0.2, 0.25) is 0 Å². The highest BCUT2D eigenvalue weighted by molar-refractivity contribution is 7.12. The summed E-state index contributed by atoms with van der Waals surface area (Å²) in [6.07, 6.45) is 7.38. The second kappa shape index (κ2) is 6.12. The lowest BCUT2D eigenvalue weighted by atomic mass is 10.2. The van der Waals surface area contributed by atoms with Crippen LogP contribution in [0.5, 0.6) is 0 Å². The highest BCUT2D eigenvalue weighted by Gasteiger charge is 2.07. The Kier molecular flexibility index (Phi) is 4.26. The lowest BCUT2D eigenvalue weighted by Gasteiger charge is -2.14. The molecule has 2 aromatic rings. The summed E-state index contributed by atoms with van der Waals surface area (Å²) in [7, 11) is 1.94. The third-order valence-electron chi connectivity index (χ3n) is 2.64. The zero-order valence-corrected chi connectivity index (χ0v) is 11.8. The number of hydrogen-bond donors (Lipinski definition) is 0. The fourth-order valence-corrected chi connectivity index (χ4v) is 2.25. The number of aryl methyl sites for hydroxylation is 1. The molecule has 0 saturated carbocycles. The molecule has 0 radical (unpaired) electrons. The fraction of sp³-hybridized carbons (Fsp3) is 0.214. The molecule has 1 aromatic carbocycles. The van der Waals surface area contributed by atoms with Crippen LogP contribution < -0.4 is 9.47 Å². The SMILES string of the molecule is C#CN(CC)c1ccc(N=Nc2scc[n+]2C)cc1. The number of anilines is 1. The number of nitrogens with zero attached hydrogens (tertiary/aromatic N) is 4. The molecule has 1 aromatic heterocycles. The second-order valence-electron chi connectivity index (χ2n) is 3.89. The van der Waals surface area contributed by atoms with Crippen LogP contribution in [0.1, 0.15) is 6.92 Å². The molecular formula is C14H15N4S+. The summed E-state index contributed by atoms with van der Waals surface area (Å²) in [5.74, 6) is 0. The predicted octanol–water partition coefficient (Wildman–Crippen LogP) is 3.41. The first kappa shape index (κ1) is 13.2. The molecule has 5 heteroatoms. The molecule has 0 aliphatic rings. The van der Waals surface area contributed by atoms with Crippen molar-refractivity contribution in [1.29, 1.82) is 0 Å². The van der Waals surface area contributed by atoms with Crippen LogP contribution in [-0.2, 0) is 7.05 Å². The van der Waals surface area contributed by atoms with Gasteiger partial charge in [0.05, 0.1) is 12.2 Å².